The van der Waals surface area contributed by atoms with Gasteiger partial charge in [-0.15, -0.1) is 0 Å². The summed E-state index contributed by atoms with van der Waals surface area (Å²) in [4.78, 5) is 14.0. The minimum absolute atomic E-state index is 0.0232. The number of aliphatic hydroxyl groups is 1. The smallest absolute Gasteiger partial charge is 0.266 e. The largest absolute Gasteiger partial charge is 0.391 e. The highest BCUT2D eigenvalue weighted by Crippen LogP contribution is 2.30. The van der Waals surface area contributed by atoms with Crippen molar-refractivity contribution in [3.63, 3.8) is 0 Å². The van der Waals surface area contributed by atoms with E-state index in [-0.39, 0.29) is 11.7 Å². The lowest BCUT2D eigenvalue weighted by Crippen LogP contribution is -2.56. The van der Waals surface area contributed by atoms with Crippen LogP contribution in [0.2, 0.25) is 0 Å². The molecule has 1 aliphatic heterocycles. The van der Waals surface area contributed by atoms with Gasteiger partial charge in [0.25, 0.3) is 5.56 Å². The second kappa shape index (κ2) is 5.06. The maximum absolute atomic E-state index is 11.7. The second-order valence-electron chi connectivity index (χ2n) is 5.88. The molecule has 1 aromatic heterocycles. The Morgan fingerprint density at radius 1 is 1.37 bits per heavy atom. The van der Waals surface area contributed by atoms with Crippen molar-refractivity contribution in [3.05, 3.63) is 28.2 Å². The van der Waals surface area contributed by atoms with Crippen LogP contribution < -0.4 is 5.56 Å². The topological polar surface area (TPSA) is 58.4 Å². The molecule has 3 rings (SSSR count). The molecule has 0 bridgehead atoms. The summed E-state index contributed by atoms with van der Waals surface area (Å²) < 4.78 is 1.57. The summed E-state index contributed by atoms with van der Waals surface area (Å²) in [5.74, 6) is 0.486. The third kappa shape index (κ3) is 2.58. The molecule has 1 aliphatic carbocycles. The Morgan fingerprint density at radius 3 is 2.84 bits per heavy atom. The number of aromatic nitrogens is 2. The molecule has 2 fully saturated rings. The van der Waals surface area contributed by atoms with Crippen molar-refractivity contribution in [3.8, 4) is 0 Å². The lowest BCUT2D eigenvalue weighted by atomic mass is 9.96. The molecule has 2 atom stereocenters. The quantitative estimate of drug-likeness (QED) is 0.857. The first kappa shape index (κ1) is 12.8. The van der Waals surface area contributed by atoms with Gasteiger partial charge in [-0.2, -0.15) is 5.10 Å². The van der Waals surface area contributed by atoms with Crippen LogP contribution >= 0.6 is 0 Å². The van der Waals surface area contributed by atoms with Crippen LogP contribution in [0, 0.1) is 12.8 Å². The zero-order valence-corrected chi connectivity index (χ0v) is 11.3. The third-order valence-electron chi connectivity index (χ3n) is 4.33. The van der Waals surface area contributed by atoms with Gasteiger partial charge in [0.2, 0.25) is 0 Å². The van der Waals surface area contributed by atoms with Crippen molar-refractivity contribution >= 4 is 0 Å². The van der Waals surface area contributed by atoms with Crippen LogP contribution in [-0.2, 0) is 6.54 Å². The predicted molar refractivity (Wildman–Crippen MR) is 71.9 cm³/mol. The minimum Gasteiger partial charge on any atom is -0.391 e. The van der Waals surface area contributed by atoms with Gasteiger partial charge in [-0.25, -0.2) is 4.68 Å². The molecule has 2 heterocycles. The van der Waals surface area contributed by atoms with E-state index in [4.69, 9.17) is 0 Å². The Labute approximate surface area is 112 Å². The molecule has 1 aromatic rings. The first-order chi connectivity index (χ1) is 9.13. The molecular weight excluding hydrogens is 242 g/mol. The van der Waals surface area contributed by atoms with Crippen molar-refractivity contribution < 1.29 is 5.11 Å². The Hall–Kier alpha value is -1.20. The van der Waals surface area contributed by atoms with Crippen LogP contribution in [0.25, 0.3) is 0 Å². The SMILES string of the molecule is Cc1ccc(=O)n(CC2CN(C3CCCC3O)C2)n1. The molecule has 0 radical (unpaired) electrons. The van der Waals surface area contributed by atoms with E-state index in [1.54, 1.807) is 16.8 Å². The number of hydrogen-bond acceptors (Lipinski definition) is 4. The highest BCUT2D eigenvalue weighted by atomic mass is 16.3. The van der Waals surface area contributed by atoms with E-state index in [1.165, 1.54) is 0 Å². The maximum Gasteiger partial charge on any atom is 0.266 e. The van der Waals surface area contributed by atoms with Crippen LogP contribution in [0.15, 0.2) is 16.9 Å². The van der Waals surface area contributed by atoms with Crippen molar-refractivity contribution in [1.82, 2.24) is 14.7 Å². The summed E-state index contributed by atoms with van der Waals surface area (Å²) in [6.07, 6.45) is 3.02. The number of rotatable bonds is 3. The average molecular weight is 263 g/mol. The molecule has 104 valence electrons. The molecule has 1 N–H and O–H groups in total. The molecule has 0 amide bonds. The lowest BCUT2D eigenvalue weighted by Gasteiger charge is -2.44. The Balaban J connectivity index is 1.56. The van der Waals surface area contributed by atoms with E-state index >= 15 is 0 Å². The normalized spacial score (nSPS) is 28.5. The van der Waals surface area contributed by atoms with E-state index in [1.807, 2.05) is 6.92 Å². The van der Waals surface area contributed by atoms with Crippen LogP contribution in [-0.4, -0.2) is 45.0 Å². The van der Waals surface area contributed by atoms with Crippen LogP contribution in [0.3, 0.4) is 0 Å². The van der Waals surface area contributed by atoms with E-state index in [0.717, 1.165) is 38.0 Å². The maximum atomic E-state index is 11.7. The third-order valence-corrected chi connectivity index (χ3v) is 4.33. The van der Waals surface area contributed by atoms with Crippen LogP contribution in [0.4, 0.5) is 0 Å². The first-order valence-corrected chi connectivity index (χ1v) is 7.10. The highest BCUT2D eigenvalue weighted by molar-refractivity contribution is 4.98. The van der Waals surface area contributed by atoms with Crippen LogP contribution in [0.5, 0.6) is 0 Å². The Morgan fingerprint density at radius 2 is 2.16 bits per heavy atom. The average Bonchev–Trinajstić information content (AvgIpc) is 2.73. The molecule has 1 saturated heterocycles. The van der Waals surface area contributed by atoms with Crippen LogP contribution in [0.1, 0.15) is 25.0 Å². The number of likely N-dealkylation sites (tertiary alicyclic amines) is 1. The second-order valence-corrected chi connectivity index (χ2v) is 5.88. The van der Waals surface area contributed by atoms with Gasteiger partial charge in [0.1, 0.15) is 0 Å². The highest BCUT2D eigenvalue weighted by Gasteiger charge is 2.38. The molecule has 2 unspecified atom stereocenters. The molecule has 0 spiro atoms. The number of nitrogens with zero attached hydrogens (tertiary/aromatic N) is 3. The van der Waals surface area contributed by atoms with E-state index in [2.05, 4.69) is 10.00 Å². The fraction of sp³-hybridized carbons (Fsp3) is 0.714. The fourth-order valence-corrected chi connectivity index (χ4v) is 3.27. The van der Waals surface area contributed by atoms with Crippen molar-refractivity contribution in [2.24, 2.45) is 5.92 Å². The molecule has 19 heavy (non-hydrogen) atoms. The number of hydrogen-bond donors (Lipinski definition) is 1. The van der Waals surface area contributed by atoms with Gasteiger partial charge >= 0.3 is 0 Å². The summed E-state index contributed by atoms with van der Waals surface area (Å²) >= 11 is 0. The van der Waals surface area contributed by atoms with Gasteiger partial charge < -0.3 is 5.11 Å². The van der Waals surface area contributed by atoms with Gasteiger partial charge in [0, 0.05) is 31.1 Å². The summed E-state index contributed by atoms with van der Waals surface area (Å²) in [5, 5.41) is 14.1. The van der Waals surface area contributed by atoms with Gasteiger partial charge in [-0.05, 0) is 32.3 Å². The summed E-state index contributed by atoms with van der Waals surface area (Å²) in [6, 6.07) is 3.68. The lowest BCUT2D eigenvalue weighted by molar-refractivity contribution is -0.00796. The predicted octanol–water partition coefficient (Wildman–Crippen LogP) is 0.397. The minimum atomic E-state index is -0.152. The van der Waals surface area contributed by atoms with Gasteiger partial charge in [0.15, 0.2) is 0 Å². The van der Waals surface area contributed by atoms with Gasteiger partial charge in [-0.3, -0.25) is 9.69 Å². The standard InChI is InChI=1S/C14H21N3O2/c1-10-5-6-14(19)17(15-10)9-11-7-16(8-11)12-3-2-4-13(12)18/h5-6,11-13,18H,2-4,7-9H2,1H3. The molecular formula is C14H21N3O2. The summed E-state index contributed by atoms with van der Waals surface area (Å²) in [5.41, 5.74) is 0.854. The Bertz CT molecular complexity index is 508. The van der Waals surface area contributed by atoms with Gasteiger partial charge in [-0.1, -0.05) is 0 Å². The molecule has 0 aromatic carbocycles. The number of aryl methyl sites for hydroxylation is 1. The molecule has 5 heteroatoms. The Kier molecular flexibility index (Phi) is 3.41. The van der Waals surface area contributed by atoms with Crippen molar-refractivity contribution in [1.29, 1.82) is 0 Å². The van der Waals surface area contributed by atoms with E-state index in [0.29, 0.717) is 18.5 Å². The first-order valence-electron chi connectivity index (χ1n) is 7.10. The summed E-state index contributed by atoms with van der Waals surface area (Å²) in [7, 11) is 0. The summed E-state index contributed by atoms with van der Waals surface area (Å²) in [6.45, 7) is 4.55. The van der Waals surface area contributed by atoms with E-state index < -0.39 is 0 Å². The molecule has 1 saturated carbocycles. The zero-order chi connectivity index (χ0) is 13.4. The van der Waals surface area contributed by atoms with E-state index in [9.17, 15) is 9.90 Å². The monoisotopic (exact) mass is 263 g/mol. The zero-order valence-electron chi connectivity index (χ0n) is 11.3. The fourth-order valence-electron chi connectivity index (χ4n) is 3.27. The molecule has 2 aliphatic rings. The van der Waals surface area contributed by atoms with Crippen molar-refractivity contribution in [2.75, 3.05) is 13.1 Å². The molecule has 5 nitrogen and oxygen atoms in total. The van der Waals surface area contributed by atoms with Gasteiger partial charge in [0.05, 0.1) is 18.3 Å². The number of aliphatic hydroxyl groups excluding tert-OH is 1. The van der Waals surface area contributed by atoms with Crippen molar-refractivity contribution in [2.45, 2.75) is 44.9 Å².